The molecule has 1 aromatic heterocycles. The largest absolute Gasteiger partial charge is 0.331 e. The Kier molecular flexibility index (Phi) is 2.68. The van der Waals surface area contributed by atoms with Crippen LogP contribution in [0.25, 0.3) is 11.3 Å². The second-order valence-corrected chi connectivity index (χ2v) is 4.14. The molecule has 0 aliphatic heterocycles. The lowest BCUT2D eigenvalue weighted by molar-refractivity contribution is 0.111. The van der Waals surface area contributed by atoms with Crippen LogP contribution in [-0.4, -0.2) is 15.8 Å². The molecular formula is C11H9BrN2O. The zero-order chi connectivity index (χ0) is 10.8. The number of nitrogens with zero attached hydrogens (tertiary/aromatic N) is 2. The number of aryl methyl sites for hydroxylation is 1. The third-order valence-corrected chi connectivity index (χ3v) is 2.69. The van der Waals surface area contributed by atoms with Gasteiger partial charge in [0.25, 0.3) is 0 Å². The van der Waals surface area contributed by atoms with Gasteiger partial charge in [-0.3, -0.25) is 4.79 Å². The summed E-state index contributed by atoms with van der Waals surface area (Å²) < 4.78 is 2.74. The molecule has 0 aliphatic rings. The van der Waals surface area contributed by atoms with Gasteiger partial charge in [-0.15, -0.1) is 0 Å². The number of hydrogen-bond acceptors (Lipinski definition) is 2. The third-order valence-electron chi connectivity index (χ3n) is 2.16. The van der Waals surface area contributed by atoms with E-state index in [0.717, 1.165) is 22.0 Å². The lowest BCUT2D eigenvalue weighted by Gasteiger charge is -1.95. The average Bonchev–Trinajstić information content (AvgIpc) is 2.61. The fourth-order valence-electron chi connectivity index (χ4n) is 1.35. The Bertz CT molecular complexity index is 488. The van der Waals surface area contributed by atoms with Gasteiger partial charge in [-0.2, -0.15) is 0 Å². The molecule has 0 bridgehead atoms. The topological polar surface area (TPSA) is 34.9 Å². The first-order chi connectivity index (χ1) is 7.20. The minimum atomic E-state index is 0.438. The summed E-state index contributed by atoms with van der Waals surface area (Å²) in [6.07, 6.45) is 2.59. The van der Waals surface area contributed by atoms with Crippen molar-refractivity contribution in [1.82, 2.24) is 9.55 Å². The lowest BCUT2D eigenvalue weighted by atomic mass is 10.2. The summed E-state index contributed by atoms with van der Waals surface area (Å²) in [5, 5.41) is 0. The van der Waals surface area contributed by atoms with Crippen LogP contribution in [0.5, 0.6) is 0 Å². The molecule has 2 aromatic rings. The highest BCUT2D eigenvalue weighted by molar-refractivity contribution is 9.10. The summed E-state index contributed by atoms with van der Waals surface area (Å²) in [6.45, 7) is 0. The van der Waals surface area contributed by atoms with Crippen molar-refractivity contribution < 1.29 is 4.79 Å². The van der Waals surface area contributed by atoms with Crippen LogP contribution in [0.4, 0.5) is 0 Å². The normalized spacial score (nSPS) is 10.3. The van der Waals surface area contributed by atoms with E-state index in [1.165, 1.54) is 0 Å². The maximum atomic E-state index is 10.6. The molecular weight excluding hydrogens is 256 g/mol. The molecule has 2 rings (SSSR count). The maximum Gasteiger partial charge on any atom is 0.185 e. The summed E-state index contributed by atoms with van der Waals surface area (Å²) in [6, 6.07) is 7.82. The van der Waals surface area contributed by atoms with E-state index in [-0.39, 0.29) is 0 Å². The quantitative estimate of drug-likeness (QED) is 0.782. The maximum absolute atomic E-state index is 10.6. The first kappa shape index (κ1) is 10.1. The zero-order valence-corrected chi connectivity index (χ0v) is 9.73. The molecule has 76 valence electrons. The molecule has 15 heavy (non-hydrogen) atoms. The minimum absolute atomic E-state index is 0.438. The van der Waals surface area contributed by atoms with E-state index in [1.54, 1.807) is 11.6 Å². The number of imidazole rings is 1. The predicted octanol–water partition coefficient (Wildman–Crippen LogP) is 2.66. The number of carbonyl (C=O) groups is 1. The van der Waals surface area contributed by atoms with Crippen molar-refractivity contribution in [2.24, 2.45) is 7.05 Å². The van der Waals surface area contributed by atoms with Gasteiger partial charge < -0.3 is 4.57 Å². The van der Waals surface area contributed by atoms with E-state index < -0.39 is 0 Å². The Balaban J connectivity index is 2.45. The van der Waals surface area contributed by atoms with Crippen molar-refractivity contribution in [2.75, 3.05) is 0 Å². The van der Waals surface area contributed by atoms with Crippen LogP contribution in [-0.2, 0) is 7.05 Å². The predicted molar refractivity (Wildman–Crippen MR) is 61.7 cm³/mol. The van der Waals surface area contributed by atoms with Gasteiger partial charge in [-0.25, -0.2) is 4.98 Å². The highest BCUT2D eigenvalue weighted by atomic mass is 79.9. The Morgan fingerprint density at radius 3 is 2.53 bits per heavy atom. The molecule has 0 spiro atoms. The Morgan fingerprint density at radius 1 is 1.33 bits per heavy atom. The number of aromatic nitrogens is 2. The number of hydrogen-bond donors (Lipinski definition) is 0. The molecule has 0 aliphatic carbocycles. The Hall–Kier alpha value is -1.42. The molecule has 3 nitrogen and oxygen atoms in total. The lowest BCUT2D eigenvalue weighted by Crippen LogP contribution is -1.92. The van der Waals surface area contributed by atoms with Gasteiger partial charge in [0, 0.05) is 23.3 Å². The summed E-state index contributed by atoms with van der Waals surface area (Å²) in [7, 11) is 1.80. The van der Waals surface area contributed by atoms with E-state index in [9.17, 15) is 4.79 Å². The van der Waals surface area contributed by atoms with Crippen LogP contribution in [0.1, 0.15) is 10.6 Å². The highest BCUT2D eigenvalue weighted by Gasteiger charge is 2.05. The molecule has 1 aromatic carbocycles. The first-order valence-corrected chi connectivity index (χ1v) is 5.24. The number of halogens is 1. The fraction of sp³-hybridized carbons (Fsp3) is 0.0909. The van der Waals surface area contributed by atoms with Crippen LogP contribution in [0, 0.1) is 0 Å². The minimum Gasteiger partial charge on any atom is -0.331 e. The van der Waals surface area contributed by atoms with Gasteiger partial charge in [-0.1, -0.05) is 28.1 Å². The van der Waals surface area contributed by atoms with Gasteiger partial charge in [0.15, 0.2) is 12.1 Å². The molecule has 0 fully saturated rings. The molecule has 4 heteroatoms. The van der Waals surface area contributed by atoms with Gasteiger partial charge >= 0.3 is 0 Å². The van der Waals surface area contributed by atoms with E-state index >= 15 is 0 Å². The fourth-order valence-corrected chi connectivity index (χ4v) is 1.61. The van der Waals surface area contributed by atoms with Crippen LogP contribution >= 0.6 is 15.9 Å². The van der Waals surface area contributed by atoms with Crippen molar-refractivity contribution in [3.05, 3.63) is 40.8 Å². The standard InChI is InChI=1S/C11H9BrN2O/c1-14-6-10(13-11(14)7-15)8-2-4-9(12)5-3-8/h2-7H,1H3. The van der Waals surface area contributed by atoms with Crippen molar-refractivity contribution in [1.29, 1.82) is 0 Å². The van der Waals surface area contributed by atoms with Crippen LogP contribution < -0.4 is 0 Å². The summed E-state index contributed by atoms with van der Waals surface area (Å²) in [5.41, 5.74) is 1.81. The zero-order valence-electron chi connectivity index (χ0n) is 8.14. The van der Waals surface area contributed by atoms with Gasteiger partial charge in [0.2, 0.25) is 0 Å². The summed E-state index contributed by atoms with van der Waals surface area (Å²) in [5.74, 6) is 0.438. The molecule has 0 saturated heterocycles. The van der Waals surface area contributed by atoms with Gasteiger partial charge in [0.1, 0.15) is 0 Å². The van der Waals surface area contributed by atoms with Crippen molar-refractivity contribution >= 4 is 22.2 Å². The molecule has 0 amide bonds. The number of carbonyl (C=O) groups excluding carboxylic acids is 1. The first-order valence-electron chi connectivity index (χ1n) is 4.45. The van der Waals surface area contributed by atoms with Crippen LogP contribution in [0.3, 0.4) is 0 Å². The highest BCUT2D eigenvalue weighted by Crippen LogP contribution is 2.20. The van der Waals surface area contributed by atoms with E-state index in [4.69, 9.17) is 0 Å². The van der Waals surface area contributed by atoms with Gasteiger partial charge in [-0.05, 0) is 12.1 Å². The average molecular weight is 265 g/mol. The van der Waals surface area contributed by atoms with Crippen LogP contribution in [0.15, 0.2) is 34.9 Å². The molecule has 0 radical (unpaired) electrons. The third kappa shape index (κ3) is 1.99. The molecule has 0 saturated carbocycles. The van der Waals surface area contributed by atoms with Gasteiger partial charge in [0.05, 0.1) is 5.69 Å². The van der Waals surface area contributed by atoms with E-state index in [1.807, 2.05) is 30.5 Å². The second kappa shape index (κ2) is 3.98. The number of aldehydes is 1. The van der Waals surface area contributed by atoms with E-state index in [2.05, 4.69) is 20.9 Å². The summed E-state index contributed by atoms with van der Waals surface area (Å²) >= 11 is 3.37. The molecule has 0 unspecified atom stereocenters. The molecule has 0 atom stereocenters. The van der Waals surface area contributed by atoms with Crippen molar-refractivity contribution in [2.45, 2.75) is 0 Å². The van der Waals surface area contributed by atoms with Crippen molar-refractivity contribution in [3.8, 4) is 11.3 Å². The second-order valence-electron chi connectivity index (χ2n) is 3.22. The SMILES string of the molecule is Cn1cc(-c2ccc(Br)cc2)nc1C=O. The van der Waals surface area contributed by atoms with E-state index in [0.29, 0.717) is 5.82 Å². The van der Waals surface area contributed by atoms with Crippen LogP contribution in [0.2, 0.25) is 0 Å². The molecule has 1 heterocycles. The monoisotopic (exact) mass is 264 g/mol. The number of benzene rings is 1. The summed E-state index contributed by atoms with van der Waals surface area (Å²) in [4.78, 5) is 14.8. The Morgan fingerprint density at radius 2 is 2.00 bits per heavy atom. The molecule has 0 N–H and O–H groups in total. The Labute approximate surface area is 95.9 Å². The smallest absolute Gasteiger partial charge is 0.185 e. The van der Waals surface area contributed by atoms with Crippen molar-refractivity contribution in [3.63, 3.8) is 0 Å². The number of rotatable bonds is 2.